The van der Waals surface area contributed by atoms with Gasteiger partial charge in [0.15, 0.2) is 5.76 Å². The van der Waals surface area contributed by atoms with Crippen LogP contribution in [0.2, 0.25) is 0 Å². The van der Waals surface area contributed by atoms with Crippen molar-refractivity contribution >= 4 is 10.0 Å². The minimum absolute atomic E-state index is 0.107. The quantitative estimate of drug-likeness (QED) is 0.716. The van der Waals surface area contributed by atoms with Gasteiger partial charge in [0.05, 0.1) is 12.2 Å². The molecule has 1 N–H and O–H groups in total. The molecule has 0 saturated heterocycles. The summed E-state index contributed by atoms with van der Waals surface area (Å²) in [4.78, 5) is 0.107. The lowest BCUT2D eigenvalue weighted by Gasteiger charge is -2.08. The van der Waals surface area contributed by atoms with E-state index < -0.39 is 10.0 Å². The monoisotopic (exact) mass is 374 g/mol. The molecule has 0 aliphatic carbocycles. The predicted molar refractivity (Wildman–Crippen MR) is 98.3 cm³/mol. The van der Waals surface area contributed by atoms with Crippen LogP contribution in [-0.2, 0) is 16.6 Å². The summed E-state index contributed by atoms with van der Waals surface area (Å²) in [5.41, 5.74) is 4.46. The molecule has 0 aliphatic rings. The summed E-state index contributed by atoms with van der Waals surface area (Å²) in [7, 11) is -3.66. The Morgan fingerprint density at radius 2 is 1.77 bits per heavy atom. The molecule has 0 fully saturated rings. The lowest BCUT2D eigenvalue weighted by Crippen LogP contribution is -2.28. The minimum Gasteiger partial charge on any atom is -0.360 e. The van der Waals surface area contributed by atoms with Crippen LogP contribution in [0.15, 0.2) is 39.8 Å². The summed E-state index contributed by atoms with van der Waals surface area (Å²) in [6.45, 7) is 7.80. The van der Waals surface area contributed by atoms with Crippen molar-refractivity contribution in [3.05, 3.63) is 53.2 Å². The summed E-state index contributed by atoms with van der Waals surface area (Å²) in [6.07, 6.45) is 0. The van der Waals surface area contributed by atoms with Crippen molar-refractivity contribution in [1.82, 2.24) is 19.7 Å². The average Bonchev–Trinajstić information content (AvgIpc) is 3.07. The van der Waals surface area contributed by atoms with Crippen LogP contribution >= 0.6 is 0 Å². The fourth-order valence-electron chi connectivity index (χ4n) is 3.15. The molecule has 3 aromatic rings. The molecular weight excluding hydrogens is 352 g/mol. The fraction of sp³-hybridized carbons (Fsp3) is 0.333. The Morgan fingerprint density at radius 3 is 2.38 bits per heavy atom. The molecule has 0 amide bonds. The van der Waals surface area contributed by atoms with Crippen molar-refractivity contribution in [2.45, 2.75) is 39.1 Å². The third kappa shape index (κ3) is 3.42. The number of aromatic nitrogens is 3. The van der Waals surface area contributed by atoms with Gasteiger partial charge in [-0.2, -0.15) is 5.10 Å². The Bertz CT molecular complexity index is 1000. The number of rotatable bonds is 6. The van der Waals surface area contributed by atoms with Gasteiger partial charge in [-0.15, -0.1) is 0 Å². The molecule has 0 bridgehead atoms. The molecule has 7 nitrogen and oxygen atoms in total. The fourth-order valence-corrected chi connectivity index (χ4v) is 4.50. The number of hydrogen-bond acceptors (Lipinski definition) is 5. The van der Waals surface area contributed by atoms with E-state index in [0.29, 0.717) is 12.2 Å². The maximum atomic E-state index is 12.5. The molecule has 138 valence electrons. The topological polar surface area (TPSA) is 90.0 Å². The van der Waals surface area contributed by atoms with Gasteiger partial charge in [-0.25, -0.2) is 13.1 Å². The molecule has 0 unspecified atom stereocenters. The summed E-state index contributed by atoms with van der Waals surface area (Å²) in [6, 6.07) is 10.0. The molecule has 0 atom stereocenters. The molecule has 0 aliphatic heterocycles. The van der Waals surface area contributed by atoms with Gasteiger partial charge in [-0.3, -0.25) is 4.68 Å². The van der Waals surface area contributed by atoms with Crippen molar-refractivity contribution in [2.24, 2.45) is 0 Å². The van der Waals surface area contributed by atoms with Gasteiger partial charge in [-0.05, 0) is 33.3 Å². The Morgan fingerprint density at radius 1 is 1.08 bits per heavy atom. The third-order valence-corrected chi connectivity index (χ3v) is 6.00. The van der Waals surface area contributed by atoms with Crippen molar-refractivity contribution in [3.8, 4) is 11.1 Å². The van der Waals surface area contributed by atoms with Gasteiger partial charge in [0.1, 0.15) is 10.6 Å². The Kier molecular flexibility index (Phi) is 4.97. The lowest BCUT2D eigenvalue weighted by atomic mass is 10.0. The largest absolute Gasteiger partial charge is 0.360 e. The number of sulfonamides is 1. The number of benzene rings is 1. The van der Waals surface area contributed by atoms with Crippen LogP contribution in [-0.4, -0.2) is 29.9 Å². The lowest BCUT2D eigenvalue weighted by molar-refractivity contribution is 0.390. The van der Waals surface area contributed by atoms with Crippen molar-refractivity contribution in [2.75, 3.05) is 6.54 Å². The highest BCUT2D eigenvalue weighted by Gasteiger charge is 2.23. The second-order valence-electron chi connectivity index (χ2n) is 6.19. The molecule has 0 saturated carbocycles. The van der Waals surface area contributed by atoms with E-state index in [1.165, 1.54) is 0 Å². The Balaban J connectivity index is 1.75. The van der Waals surface area contributed by atoms with E-state index in [0.717, 1.165) is 22.5 Å². The summed E-state index contributed by atoms with van der Waals surface area (Å²) in [5, 5.41) is 8.25. The van der Waals surface area contributed by atoms with Gasteiger partial charge in [-0.1, -0.05) is 35.5 Å². The molecule has 0 radical (unpaired) electrons. The summed E-state index contributed by atoms with van der Waals surface area (Å²) < 4.78 is 34.3. The van der Waals surface area contributed by atoms with E-state index in [1.54, 1.807) is 13.8 Å². The van der Waals surface area contributed by atoms with Gasteiger partial charge in [0, 0.05) is 17.8 Å². The van der Waals surface area contributed by atoms with E-state index in [4.69, 9.17) is 4.52 Å². The molecule has 8 heteroatoms. The molecule has 3 rings (SSSR count). The number of nitrogens with one attached hydrogen (secondary N) is 1. The standard InChI is InChI=1S/C18H22N4O3S/c1-12-17(16-8-6-5-7-9-16)14(3)22(20-12)11-10-19-26(23,24)18-13(2)21-25-15(18)4/h5-9,19H,10-11H2,1-4H3. The van der Waals surface area contributed by atoms with E-state index >= 15 is 0 Å². The normalized spacial score (nSPS) is 11.8. The molecule has 0 spiro atoms. The number of aryl methyl sites for hydroxylation is 3. The number of nitrogens with zero attached hydrogens (tertiary/aromatic N) is 3. The highest BCUT2D eigenvalue weighted by atomic mass is 32.2. The Labute approximate surface area is 153 Å². The maximum absolute atomic E-state index is 12.5. The highest BCUT2D eigenvalue weighted by Crippen LogP contribution is 2.26. The van der Waals surface area contributed by atoms with Crippen LogP contribution in [0.5, 0.6) is 0 Å². The number of hydrogen-bond donors (Lipinski definition) is 1. The van der Waals surface area contributed by atoms with E-state index in [1.807, 2.05) is 48.9 Å². The molecular formula is C18H22N4O3S. The first-order valence-corrected chi connectivity index (χ1v) is 9.81. The second-order valence-corrected chi connectivity index (χ2v) is 7.89. The van der Waals surface area contributed by atoms with Crippen LogP contribution in [0.25, 0.3) is 11.1 Å². The van der Waals surface area contributed by atoms with Crippen LogP contribution < -0.4 is 4.72 Å². The predicted octanol–water partition coefficient (Wildman–Crippen LogP) is 2.75. The van der Waals surface area contributed by atoms with Crippen LogP contribution in [0, 0.1) is 27.7 Å². The van der Waals surface area contributed by atoms with Crippen molar-refractivity contribution in [3.63, 3.8) is 0 Å². The van der Waals surface area contributed by atoms with Gasteiger partial charge >= 0.3 is 0 Å². The second kappa shape index (κ2) is 7.05. The third-order valence-electron chi connectivity index (χ3n) is 4.30. The Hall–Kier alpha value is -2.45. The zero-order chi connectivity index (χ0) is 18.9. The zero-order valence-electron chi connectivity index (χ0n) is 15.3. The van der Waals surface area contributed by atoms with Crippen LogP contribution in [0.1, 0.15) is 22.8 Å². The smallest absolute Gasteiger partial charge is 0.246 e. The van der Waals surface area contributed by atoms with E-state index in [9.17, 15) is 8.42 Å². The molecule has 2 heterocycles. The van der Waals surface area contributed by atoms with Gasteiger partial charge in [0.25, 0.3) is 0 Å². The van der Waals surface area contributed by atoms with Crippen molar-refractivity contribution in [1.29, 1.82) is 0 Å². The highest BCUT2D eigenvalue weighted by molar-refractivity contribution is 7.89. The van der Waals surface area contributed by atoms with Crippen LogP contribution in [0.3, 0.4) is 0 Å². The SMILES string of the molecule is Cc1nn(CCNS(=O)(=O)c2c(C)noc2C)c(C)c1-c1ccccc1. The first-order chi connectivity index (χ1) is 12.3. The molecule has 2 aromatic heterocycles. The van der Waals surface area contributed by atoms with Gasteiger partial charge < -0.3 is 4.52 Å². The first kappa shape index (κ1) is 18.3. The van der Waals surface area contributed by atoms with E-state index in [2.05, 4.69) is 15.0 Å². The molecule has 1 aromatic carbocycles. The maximum Gasteiger partial charge on any atom is 0.246 e. The minimum atomic E-state index is -3.66. The van der Waals surface area contributed by atoms with E-state index in [-0.39, 0.29) is 17.2 Å². The first-order valence-electron chi connectivity index (χ1n) is 8.33. The average molecular weight is 374 g/mol. The zero-order valence-corrected chi connectivity index (χ0v) is 16.1. The van der Waals surface area contributed by atoms with Crippen molar-refractivity contribution < 1.29 is 12.9 Å². The summed E-state index contributed by atoms with van der Waals surface area (Å²) in [5.74, 6) is 0.285. The molecule has 26 heavy (non-hydrogen) atoms. The van der Waals surface area contributed by atoms with Crippen LogP contribution in [0.4, 0.5) is 0 Å². The summed E-state index contributed by atoms with van der Waals surface area (Å²) >= 11 is 0. The van der Waals surface area contributed by atoms with Gasteiger partial charge in [0.2, 0.25) is 10.0 Å².